The number of nitrogens with two attached hydrogens (primary N) is 1. The molecule has 2 rings (SSSR count). The Balaban J connectivity index is 2.20. The maximum atomic E-state index is 9.13. The number of nitrogen functional groups attached to an aromatic ring is 1. The van der Waals surface area contributed by atoms with E-state index in [1.165, 1.54) is 0 Å². The molecule has 92 valence electrons. The Morgan fingerprint density at radius 1 is 1.59 bits per heavy atom. The van der Waals surface area contributed by atoms with Crippen LogP contribution in [0.3, 0.4) is 0 Å². The van der Waals surface area contributed by atoms with Gasteiger partial charge in [0.25, 0.3) is 0 Å². The molecule has 1 unspecified atom stereocenters. The number of halogens is 1. The van der Waals surface area contributed by atoms with Crippen molar-refractivity contribution in [3.05, 3.63) is 28.2 Å². The molecule has 5 heteroatoms. The fourth-order valence-corrected chi connectivity index (χ4v) is 2.76. The van der Waals surface area contributed by atoms with Gasteiger partial charge in [0.1, 0.15) is 5.84 Å². The van der Waals surface area contributed by atoms with Crippen LogP contribution in [-0.2, 0) is 0 Å². The van der Waals surface area contributed by atoms with Crippen LogP contribution in [-0.4, -0.2) is 30.6 Å². The second-order valence-electron chi connectivity index (χ2n) is 4.36. The Morgan fingerprint density at radius 2 is 2.35 bits per heavy atom. The third kappa shape index (κ3) is 2.61. The summed E-state index contributed by atoms with van der Waals surface area (Å²) >= 11 is 3.51. The second kappa shape index (κ2) is 5.06. The maximum absolute atomic E-state index is 9.13. The Labute approximate surface area is 109 Å². The van der Waals surface area contributed by atoms with E-state index >= 15 is 0 Å². The summed E-state index contributed by atoms with van der Waals surface area (Å²) in [5.74, 6) is 0.446. The van der Waals surface area contributed by atoms with E-state index in [4.69, 9.17) is 16.2 Å². The third-order valence-corrected chi connectivity index (χ3v) is 3.78. The molecule has 1 aromatic carbocycles. The summed E-state index contributed by atoms with van der Waals surface area (Å²) in [5, 5.41) is 16.5. The zero-order chi connectivity index (χ0) is 12.4. The Morgan fingerprint density at radius 3 is 2.88 bits per heavy atom. The minimum absolute atomic E-state index is 0.0758. The Kier molecular flexibility index (Phi) is 3.69. The van der Waals surface area contributed by atoms with Gasteiger partial charge < -0.3 is 15.7 Å². The summed E-state index contributed by atoms with van der Waals surface area (Å²) < 4.78 is 0.948. The lowest BCUT2D eigenvalue weighted by Crippen LogP contribution is -2.21. The SMILES string of the molecule is N=C(N)c1ccc(N2CCC(CO)C2)c(Br)c1. The van der Waals surface area contributed by atoms with Gasteiger partial charge in [0.15, 0.2) is 0 Å². The number of amidine groups is 1. The molecule has 1 aliphatic rings. The third-order valence-electron chi connectivity index (χ3n) is 3.14. The molecule has 1 atom stereocenters. The van der Waals surface area contributed by atoms with Crippen molar-refractivity contribution in [2.24, 2.45) is 11.7 Å². The molecule has 1 fully saturated rings. The van der Waals surface area contributed by atoms with Crippen LogP contribution in [0.15, 0.2) is 22.7 Å². The molecule has 17 heavy (non-hydrogen) atoms. The number of benzene rings is 1. The monoisotopic (exact) mass is 297 g/mol. The number of hydrogen-bond acceptors (Lipinski definition) is 3. The summed E-state index contributed by atoms with van der Waals surface area (Å²) in [6.07, 6.45) is 1.03. The van der Waals surface area contributed by atoms with E-state index in [1.54, 1.807) is 0 Å². The molecule has 1 aromatic rings. The van der Waals surface area contributed by atoms with Crippen LogP contribution < -0.4 is 10.6 Å². The highest BCUT2D eigenvalue weighted by Crippen LogP contribution is 2.31. The van der Waals surface area contributed by atoms with E-state index in [-0.39, 0.29) is 12.4 Å². The highest BCUT2D eigenvalue weighted by atomic mass is 79.9. The standard InChI is InChI=1S/C12H16BrN3O/c13-10-5-9(12(14)15)1-2-11(10)16-4-3-8(6-16)7-17/h1-2,5,8,17H,3-4,6-7H2,(H3,14,15). The predicted molar refractivity (Wildman–Crippen MR) is 72.6 cm³/mol. The van der Waals surface area contributed by atoms with Gasteiger partial charge in [-0.3, -0.25) is 5.41 Å². The Bertz CT molecular complexity index is 436. The lowest BCUT2D eigenvalue weighted by molar-refractivity contribution is 0.238. The van der Waals surface area contributed by atoms with E-state index in [9.17, 15) is 0 Å². The van der Waals surface area contributed by atoms with Crippen molar-refractivity contribution in [3.63, 3.8) is 0 Å². The Hall–Kier alpha value is -1.07. The molecule has 0 radical (unpaired) electrons. The van der Waals surface area contributed by atoms with Crippen LogP contribution in [0.5, 0.6) is 0 Å². The van der Waals surface area contributed by atoms with Gasteiger partial charge in [-0.25, -0.2) is 0 Å². The minimum atomic E-state index is 0.0758. The van der Waals surface area contributed by atoms with Crippen molar-refractivity contribution in [2.75, 3.05) is 24.6 Å². The van der Waals surface area contributed by atoms with Crippen molar-refractivity contribution < 1.29 is 5.11 Å². The molecule has 0 aliphatic carbocycles. The first-order chi connectivity index (χ1) is 8.11. The van der Waals surface area contributed by atoms with Gasteiger partial charge in [0, 0.05) is 35.7 Å². The lowest BCUT2D eigenvalue weighted by Gasteiger charge is -2.20. The van der Waals surface area contributed by atoms with Crippen molar-refractivity contribution in [1.29, 1.82) is 5.41 Å². The van der Waals surface area contributed by atoms with Crippen LogP contribution >= 0.6 is 15.9 Å². The summed E-state index contributed by atoms with van der Waals surface area (Å²) in [4.78, 5) is 2.24. The number of nitrogens with one attached hydrogen (secondary N) is 1. The van der Waals surface area contributed by atoms with Gasteiger partial charge in [-0.15, -0.1) is 0 Å². The average molecular weight is 298 g/mol. The zero-order valence-corrected chi connectivity index (χ0v) is 11.1. The van der Waals surface area contributed by atoms with Crippen LogP contribution in [0.2, 0.25) is 0 Å². The van der Waals surface area contributed by atoms with E-state index in [0.29, 0.717) is 5.92 Å². The molecule has 1 heterocycles. The highest BCUT2D eigenvalue weighted by molar-refractivity contribution is 9.10. The zero-order valence-electron chi connectivity index (χ0n) is 9.49. The van der Waals surface area contributed by atoms with Crippen LogP contribution in [0, 0.1) is 11.3 Å². The largest absolute Gasteiger partial charge is 0.396 e. The molecule has 0 aromatic heterocycles. The predicted octanol–water partition coefficient (Wildman–Crippen LogP) is 1.55. The van der Waals surface area contributed by atoms with Crippen molar-refractivity contribution >= 4 is 27.5 Å². The van der Waals surface area contributed by atoms with Gasteiger partial charge in [-0.05, 0) is 40.5 Å². The number of nitrogens with zero attached hydrogens (tertiary/aromatic N) is 1. The first-order valence-corrected chi connectivity index (χ1v) is 6.41. The van der Waals surface area contributed by atoms with Gasteiger partial charge in [0.2, 0.25) is 0 Å². The minimum Gasteiger partial charge on any atom is -0.396 e. The second-order valence-corrected chi connectivity index (χ2v) is 5.22. The van der Waals surface area contributed by atoms with Crippen molar-refractivity contribution in [2.45, 2.75) is 6.42 Å². The molecule has 1 aliphatic heterocycles. The average Bonchev–Trinajstić information content (AvgIpc) is 2.77. The van der Waals surface area contributed by atoms with Crippen LogP contribution in [0.25, 0.3) is 0 Å². The summed E-state index contributed by atoms with van der Waals surface area (Å²) in [7, 11) is 0. The highest BCUT2D eigenvalue weighted by Gasteiger charge is 2.23. The number of rotatable bonds is 3. The topological polar surface area (TPSA) is 73.3 Å². The van der Waals surface area contributed by atoms with Gasteiger partial charge in [0.05, 0.1) is 5.69 Å². The quantitative estimate of drug-likeness (QED) is 0.585. The fraction of sp³-hybridized carbons (Fsp3) is 0.417. The summed E-state index contributed by atoms with van der Waals surface area (Å²) in [6, 6.07) is 5.69. The number of hydrogen-bond donors (Lipinski definition) is 3. The number of anilines is 1. The van der Waals surface area contributed by atoms with E-state index in [2.05, 4.69) is 20.8 Å². The van der Waals surface area contributed by atoms with Crippen molar-refractivity contribution in [1.82, 2.24) is 0 Å². The first kappa shape index (κ1) is 12.4. The van der Waals surface area contributed by atoms with E-state index in [1.807, 2.05) is 18.2 Å². The van der Waals surface area contributed by atoms with Crippen LogP contribution in [0.1, 0.15) is 12.0 Å². The number of aliphatic hydroxyl groups is 1. The van der Waals surface area contributed by atoms with Gasteiger partial charge >= 0.3 is 0 Å². The van der Waals surface area contributed by atoms with Gasteiger partial charge in [-0.2, -0.15) is 0 Å². The van der Waals surface area contributed by atoms with Crippen LogP contribution in [0.4, 0.5) is 5.69 Å². The number of aliphatic hydroxyl groups excluding tert-OH is 1. The smallest absolute Gasteiger partial charge is 0.122 e. The normalized spacial score (nSPS) is 19.6. The first-order valence-electron chi connectivity index (χ1n) is 5.61. The molecule has 4 nitrogen and oxygen atoms in total. The maximum Gasteiger partial charge on any atom is 0.122 e. The molecule has 1 saturated heterocycles. The fourth-order valence-electron chi connectivity index (χ4n) is 2.13. The summed E-state index contributed by atoms with van der Waals surface area (Å²) in [6.45, 7) is 2.09. The van der Waals surface area contributed by atoms with Crippen molar-refractivity contribution in [3.8, 4) is 0 Å². The molecule has 4 N–H and O–H groups in total. The molecule has 0 bridgehead atoms. The van der Waals surface area contributed by atoms with E-state index in [0.717, 1.165) is 35.2 Å². The summed E-state index contributed by atoms with van der Waals surface area (Å²) in [5.41, 5.74) is 7.27. The van der Waals surface area contributed by atoms with E-state index < -0.39 is 0 Å². The molecular weight excluding hydrogens is 282 g/mol. The molecular formula is C12H16BrN3O. The molecule has 0 saturated carbocycles. The lowest BCUT2D eigenvalue weighted by atomic mass is 10.1. The van der Waals surface area contributed by atoms with Gasteiger partial charge in [-0.1, -0.05) is 0 Å². The molecule has 0 amide bonds. The molecule has 0 spiro atoms.